The van der Waals surface area contributed by atoms with Crippen LogP contribution in [0.1, 0.15) is 16.7 Å². The minimum absolute atomic E-state index is 0.0765. The molecule has 2 aromatic carbocycles. The number of benzene rings is 2. The Hall–Kier alpha value is -4.73. The topological polar surface area (TPSA) is 77.3 Å². The third-order valence-corrected chi connectivity index (χ3v) is 6.00. The Morgan fingerprint density at radius 3 is 2.36 bits per heavy atom. The number of nitrogens with zero attached hydrogens (tertiary/aromatic N) is 4. The van der Waals surface area contributed by atoms with Gasteiger partial charge in [0.2, 0.25) is 5.91 Å². The van der Waals surface area contributed by atoms with E-state index in [2.05, 4.69) is 9.97 Å². The van der Waals surface area contributed by atoms with Crippen molar-refractivity contribution in [3.8, 4) is 11.3 Å². The first kappa shape index (κ1) is 27.3. The van der Waals surface area contributed by atoms with Gasteiger partial charge in [0.1, 0.15) is 6.04 Å². The molecule has 0 fully saturated rings. The number of pyridine rings is 1. The molecule has 7 nitrogen and oxygen atoms in total. The number of hydrogen-bond donors (Lipinski definition) is 0. The second-order valence-corrected chi connectivity index (χ2v) is 8.63. The lowest BCUT2D eigenvalue weighted by Crippen LogP contribution is -2.47. The van der Waals surface area contributed by atoms with Gasteiger partial charge >= 0.3 is 12.1 Å². The first-order chi connectivity index (χ1) is 18.7. The summed E-state index contributed by atoms with van der Waals surface area (Å²) in [6, 6.07) is 16.5. The maximum Gasteiger partial charge on any atom is 0.416 e. The molecular formula is C29H25F3N4O3. The zero-order valence-electron chi connectivity index (χ0n) is 21.0. The largest absolute Gasteiger partial charge is 0.467 e. The molecule has 0 radical (unpaired) electrons. The summed E-state index contributed by atoms with van der Waals surface area (Å²) >= 11 is 0. The average molecular weight is 535 g/mol. The fourth-order valence-corrected chi connectivity index (χ4v) is 3.93. The molecule has 4 aromatic rings. The van der Waals surface area contributed by atoms with E-state index < -0.39 is 29.7 Å². The summed E-state index contributed by atoms with van der Waals surface area (Å²) in [7, 11) is 1.24. The zero-order valence-corrected chi connectivity index (χ0v) is 21.0. The van der Waals surface area contributed by atoms with Crippen LogP contribution in [-0.4, -0.2) is 44.5 Å². The smallest absolute Gasteiger partial charge is 0.416 e. The lowest BCUT2D eigenvalue weighted by Gasteiger charge is -2.29. The summed E-state index contributed by atoms with van der Waals surface area (Å²) in [6.07, 6.45) is 4.63. The average Bonchev–Trinajstić information content (AvgIpc) is 3.47. The quantitative estimate of drug-likeness (QED) is 0.217. The second-order valence-electron chi connectivity index (χ2n) is 8.63. The van der Waals surface area contributed by atoms with E-state index in [9.17, 15) is 22.8 Å². The molecule has 1 unspecified atom stereocenters. The van der Waals surface area contributed by atoms with Crippen LogP contribution in [0.5, 0.6) is 0 Å². The Morgan fingerprint density at radius 1 is 1.03 bits per heavy atom. The van der Waals surface area contributed by atoms with Gasteiger partial charge in [0.15, 0.2) is 0 Å². The third kappa shape index (κ3) is 7.19. The first-order valence-corrected chi connectivity index (χ1v) is 11.9. The van der Waals surface area contributed by atoms with E-state index in [1.807, 2.05) is 42.5 Å². The number of halogens is 3. The van der Waals surface area contributed by atoms with Gasteiger partial charge in [0.25, 0.3) is 0 Å². The third-order valence-electron chi connectivity index (χ3n) is 6.00. The number of ether oxygens (including phenoxy) is 1. The van der Waals surface area contributed by atoms with Gasteiger partial charge < -0.3 is 14.2 Å². The standard InChI is InChI=1S/C29H25F3N4O3/c1-39-28(38)26(19-35-17-16-33-20-35)36(18-22-5-10-23(11-6-22)25-4-2-3-15-34-25)27(37)14-9-21-7-12-24(13-8-21)29(30,31)32/h2-17,20,26H,18-19H2,1H3/b14-9+. The fraction of sp³-hybridized carbons (Fsp3) is 0.172. The summed E-state index contributed by atoms with van der Waals surface area (Å²) < 4.78 is 45.3. The summed E-state index contributed by atoms with van der Waals surface area (Å²) in [6.45, 7) is 0.172. The van der Waals surface area contributed by atoms with E-state index in [1.54, 1.807) is 23.2 Å². The number of imidazole rings is 1. The van der Waals surface area contributed by atoms with Crippen LogP contribution in [0.4, 0.5) is 13.2 Å². The van der Waals surface area contributed by atoms with Crippen molar-refractivity contribution in [2.45, 2.75) is 25.3 Å². The van der Waals surface area contributed by atoms with E-state index in [4.69, 9.17) is 4.74 Å². The lowest BCUT2D eigenvalue weighted by molar-refractivity contribution is -0.152. The molecule has 39 heavy (non-hydrogen) atoms. The maximum absolute atomic E-state index is 13.4. The molecule has 2 aromatic heterocycles. The molecule has 0 bridgehead atoms. The highest BCUT2D eigenvalue weighted by Crippen LogP contribution is 2.29. The van der Waals surface area contributed by atoms with Crippen LogP contribution in [0, 0.1) is 0 Å². The minimum Gasteiger partial charge on any atom is -0.467 e. The number of aromatic nitrogens is 3. The molecule has 2 heterocycles. The predicted octanol–water partition coefficient (Wildman–Crippen LogP) is 5.25. The number of esters is 1. The van der Waals surface area contributed by atoms with Crippen molar-refractivity contribution in [3.05, 3.63) is 114 Å². The molecule has 0 aliphatic rings. The van der Waals surface area contributed by atoms with Gasteiger partial charge in [-0.15, -0.1) is 0 Å². The molecule has 1 amide bonds. The molecule has 0 saturated heterocycles. The molecular weight excluding hydrogens is 509 g/mol. The normalized spacial score (nSPS) is 12.3. The van der Waals surface area contributed by atoms with E-state index in [1.165, 1.54) is 42.6 Å². The maximum atomic E-state index is 13.4. The SMILES string of the molecule is COC(=O)C(Cn1ccnc1)N(Cc1ccc(-c2ccccn2)cc1)C(=O)/C=C/c1ccc(C(F)(F)F)cc1. The highest BCUT2D eigenvalue weighted by molar-refractivity contribution is 5.94. The first-order valence-electron chi connectivity index (χ1n) is 11.9. The van der Waals surface area contributed by atoms with E-state index in [0.29, 0.717) is 5.56 Å². The molecule has 0 aliphatic heterocycles. The highest BCUT2D eigenvalue weighted by atomic mass is 19.4. The van der Waals surface area contributed by atoms with Crippen molar-refractivity contribution in [2.24, 2.45) is 0 Å². The van der Waals surface area contributed by atoms with E-state index in [-0.39, 0.29) is 13.1 Å². The molecule has 10 heteroatoms. The summed E-state index contributed by atoms with van der Waals surface area (Å²) in [4.78, 5) is 36.0. The van der Waals surface area contributed by atoms with Crippen LogP contribution >= 0.6 is 0 Å². The van der Waals surface area contributed by atoms with Crippen LogP contribution in [0.2, 0.25) is 0 Å². The molecule has 1 atom stereocenters. The van der Waals surface area contributed by atoms with Crippen molar-refractivity contribution < 1.29 is 27.5 Å². The summed E-state index contributed by atoms with van der Waals surface area (Å²) in [5, 5.41) is 0. The van der Waals surface area contributed by atoms with Crippen LogP contribution in [0.15, 0.2) is 97.7 Å². The van der Waals surface area contributed by atoms with E-state index >= 15 is 0 Å². The van der Waals surface area contributed by atoms with Gasteiger partial charge in [0, 0.05) is 36.8 Å². The summed E-state index contributed by atoms with van der Waals surface area (Å²) in [5.41, 5.74) is 2.06. The molecule has 4 rings (SSSR count). The monoisotopic (exact) mass is 534 g/mol. The summed E-state index contributed by atoms with van der Waals surface area (Å²) in [5.74, 6) is -1.13. The Balaban J connectivity index is 1.61. The lowest BCUT2D eigenvalue weighted by atomic mass is 10.1. The Morgan fingerprint density at radius 2 is 1.77 bits per heavy atom. The number of carbonyl (C=O) groups is 2. The predicted molar refractivity (Wildman–Crippen MR) is 139 cm³/mol. The van der Waals surface area contributed by atoms with Crippen LogP contribution in [0.25, 0.3) is 17.3 Å². The van der Waals surface area contributed by atoms with Crippen molar-refractivity contribution in [3.63, 3.8) is 0 Å². The Labute approximate surface area is 223 Å². The molecule has 0 saturated carbocycles. The molecule has 0 spiro atoms. The Kier molecular flexibility index (Phi) is 8.55. The minimum atomic E-state index is -4.46. The van der Waals surface area contributed by atoms with Crippen molar-refractivity contribution in [1.29, 1.82) is 0 Å². The molecule has 0 N–H and O–H groups in total. The van der Waals surface area contributed by atoms with Crippen molar-refractivity contribution in [1.82, 2.24) is 19.4 Å². The van der Waals surface area contributed by atoms with Crippen LogP contribution < -0.4 is 0 Å². The van der Waals surface area contributed by atoms with Gasteiger partial charge in [-0.2, -0.15) is 13.2 Å². The fourth-order valence-electron chi connectivity index (χ4n) is 3.93. The van der Waals surface area contributed by atoms with Crippen LogP contribution in [-0.2, 0) is 33.6 Å². The van der Waals surface area contributed by atoms with Gasteiger partial charge in [-0.3, -0.25) is 9.78 Å². The van der Waals surface area contributed by atoms with Gasteiger partial charge in [-0.25, -0.2) is 9.78 Å². The van der Waals surface area contributed by atoms with Gasteiger partial charge in [-0.1, -0.05) is 42.5 Å². The number of rotatable bonds is 9. The highest BCUT2D eigenvalue weighted by Gasteiger charge is 2.31. The van der Waals surface area contributed by atoms with Gasteiger partial charge in [0.05, 0.1) is 31.2 Å². The Bertz CT molecular complexity index is 1400. The van der Waals surface area contributed by atoms with E-state index in [0.717, 1.165) is 29.0 Å². The van der Waals surface area contributed by atoms with Gasteiger partial charge in [-0.05, 0) is 41.5 Å². The van der Waals surface area contributed by atoms with Crippen molar-refractivity contribution >= 4 is 18.0 Å². The number of carbonyl (C=O) groups excluding carboxylic acids is 2. The zero-order chi connectivity index (χ0) is 27.8. The number of methoxy groups -OCH3 is 1. The van der Waals surface area contributed by atoms with Crippen molar-refractivity contribution in [2.75, 3.05) is 7.11 Å². The number of amides is 1. The molecule has 200 valence electrons. The number of hydrogen-bond acceptors (Lipinski definition) is 5. The second kappa shape index (κ2) is 12.2. The number of alkyl halides is 3. The molecule has 0 aliphatic carbocycles. The van der Waals surface area contributed by atoms with Crippen LogP contribution in [0.3, 0.4) is 0 Å².